The van der Waals surface area contributed by atoms with Gasteiger partial charge in [0.05, 0.1) is 0 Å². The Kier molecular flexibility index (Phi) is 5.58. The summed E-state index contributed by atoms with van der Waals surface area (Å²) in [7, 11) is 0. The highest BCUT2D eigenvalue weighted by molar-refractivity contribution is 7.18. The molecule has 1 saturated heterocycles. The summed E-state index contributed by atoms with van der Waals surface area (Å²) in [5.74, 6) is -0.0555. The molecule has 0 aliphatic carbocycles. The molecule has 1 fully saturated rings. The van der Waals surface area contributed by atoms with E-state index < -0.39 is 0 Å². The summed E-state index contributed by atoms with van der Waals surface area (Å²) in [5, 5.41) is 18.8. The minimum absolute atomic E-state index is 0.0555. The number of amides is 3. The van der Waals surface area contributed by atoms with Crippen molar-refractivity contribution in [1.82, 2.24) is 25.4 Å². The number of nitrogens with zero attached hydrogens (tertiary/aromatic N) is 4. The molecule has 0 atom stereocenters. The minimum atomic E-state index is -0.202. The van der Waals surface area contributed by atoms with Crippen molar-refractivity contribution in [3.63, 3.8) is 0 Å². The molecule has 3 aromatic heterocycles. The first-order valence-electron chi connectivity index (χ1n) is 8.83. The van der Waals surface area contributed by atoms with Crippen LogP contribution in [0.5, 0.6) is 0 Å². The number of anilines is 1. The van der Waals surface area contributed by atoms with Gasteiger partial charge in [0.25, 0.3) is 5.91 Å². The van der Waals surface area contributed by atoms with E-state index in [0.717, 1.165) is 18.5 Å². The van der Waals surface area contributed by atoms with Crippen LogP contribution >= 0.6 is 22.7 Å². The number of aromatic nitrogens is 3. The highest BCUT2D eigenvalue weighted by atomic mass is 32.1. The van der Waals surface area contributed by atoms with Gasteiger partial charge in [-0.2, -0.15) is 11.3 Å². The van der Waals surface area contributed by atoms with E-state index in [1.54, 1.807) is 11.1 Å². The molecule has 0 radical (unpaired) electrons. The summed E-state index contributed by atoms with van der Waals surface area (Å²) in [4.78, 5) is 30.6. The zero-order chi connectivity index (χ0) is 19.3. The Bertz CT molecular complexity index is 936. The van der Waals surface area contributed by atoms with Crippen molar-refractivity contribution in [2.75, 3.05) is 18.4 Å². The predicted molar refractivity (Wildman–Crippen MR) is 109 cm³/mol. The Hall–Kier alpha value is -2.85. The van der Waals surface area contributed by atoms with Crippen molar-refractivity contribution in [3.05, 3.63) is 46.8 Å². The molecule has 0 saturated carbocycles. The molecule has 10 heteroatoms. The van der Waals surface area contributed by atoms with Crippen LogP contribution in [-0.2, 0) is 0 Å². The standard InChI is InChI=1S/C18H18N6O2S2/c25-15(12-6-10-27-11-12)20-13-4-8-24(9-5-13)18(26)21-17-23-22-16(28-17)14-3-1-2-7-19-14/h1-3,6-7,10-11,13H,4-5,8-9H2,(H,20,25)(H,21,23,26). The smallest absolute Gasteiger partial charge is 0.323 e. The summed E-state index contributed by atoms with van der Waals surface area (Å²) in [6, 6.07) is 7.24. The van der Waals surface area contributed by atoms with E-state index in [0.29, 0.717) is 28.8 Å². The Morgan fingerprint density at radius 2 is 2.00 bits per heavy atom. The quantitative estimate of drug-likeness (QED) is 0.683. The van der Waals surface area contributed by atoms with E-state index in [1.165, 1.54) is 22.7 Å². The van der Waals surface area contributed by atoms with Gasteiger partial charge < -0.3 is 10.2 Å². The van der Waals surface area contributed by atoms with Crippen LogP contribution in [0.25, 0.3) is 10.7 Å². The molecular weight excluding hydrogens is 396 g/mol. The molecule has 28 heavy (non-hydrogen) atoms. The van der Waals surface area contributed by atoms with Gasteiger partial charge in [0, 0.05) is 36.3 Å². The van der Waals surface area contributed by atoms with Crippen LogP contribution in [0.15, 0.2) is 41.2 Å². The third-order valence-electron chi connectivity index (χ3n) is 4.42. The van der Waals surface area contributed by atoms with Crippen LogP contribution in [0.1, 0.15) is 23.2 Å². The van der Waals surface area contributed by atoms with Gasteiger partial charge in [0.1, 0.15) is 5.69 Å². The number of urea groups is 1. The van der Waals surface area contributed by atoms with Gasteiger partial charge in [-0.05, 0) is 36.4 Å². The molecular formula is C18H18N6O2S2. The molecule has 4 rings (SSSR count). The largest absolute Gasteiger partial charge is 0.349 e. The minimum Gasteiger partial charge on any atom is -0.349 e. The van der Waals surface area contributed by atoms with E-state index in [9.17, 15) is 9.59 Å². The molecule has 0 aromatic carbocycles. The van der Waals surface area contributed by atoms with Gasteiger partial charge >= 0.3 is 6.03 Å². The predicted octanol–water partition coefficient (Wildman–Crippen LogP) is 3.09. The third-order valence-corrected chi connectivity index (χ3v) is 5.97. The second-order valence-corrected chi connectivity index (χ2v) is 8.06. The van der Waals surface area contributed by atoms with Gasteiger partial charge in [0.2, 0.25) is 5.13 Å². The monoisotopic (exact) mass is 414 g/mol. The first-order valence-corrected chi connectivity index (χ1v) is 10.6. The van der Waals surface area contributed by atoms with Crippen LogP contribution < -0.4 is 10.6 Å². The van der Waals surface area contributed by atoms with Gasteiger partial charge in [-0.25, -0.2) is 4.79 Å². The van der Waals surface area contributed by atoms with Crippen LogP contribution in [0.4, 0.5) is 9.93 Å². The molecule has 3 aromatic rings. The Labute approximate surface area is 169 Å². The number of piperidine rings is 1. The van der Waals surface area contributed by atoms with E-state index >= 15 is 0 Å². The zero-order valence-electron chi connectivity index (χ0n) is 14.9. The summed E-state index contributed by atoms with van der Waals surface area (Å²) >= 11 is 2.79. The van der Waals surface area contributed by atoms with E-state index in [4.69, 9.17) is 0 Å². The molecule has 0 spiro atoms. The fourth-order valence-electron chi connectivity index (χ4n) is 2.93. The summed E-state index contributed by atoms with van der Waals surface area (Å²) in [5.41, 5.74) is 1.41. The SMILES string of the molecule is O=C(NC1CCN(C(=O)Nc2nnc(-c3ccccn3)s2)CC1)c1ccsc1. The van der Waals surface area contributed by atoms with Crippen molar-refractivity contribution in [3.8, 4) is 10.7 Å². The molecule has 8 nitrogen and oxygen atoms in total. The number of nitrogens with one attached hydrogen (secondary N) is 2. The lowest BCUT2D eigenvalue weighted by atomic mass is 10.1. The average Bonchev–Trinajstić information content (AvgIpc) is 3.41. The fraction of sp³-hybridized carbons (Fsp3) is 0.278. The number of rotatable bonds is 4. The Morgan fingerprint density at radius 1 is 1.14 bits per heavy atom. The molecule has 1 aliphatic rings. The third kappa shape index (κ3) is 4.34. The summed E-state index contributed by atoms with van der Waals surface area (Å²) < 4.78 is 0. The maximum Gasteiger partial charge on any atom is 0.323 e. The number of hydrogen-bond acceptors (Lipinski definition) is 7. The van der Waals surface area contributed by atoms with Crippen molar-refractivity contribution in [1.29, 1.82) is 0 Å². The second-order valence-electron chi connectivity index (χ2n) is 6.30. The van der Waals surface area contributed by atoms with Crippen LogP contribution in [0, 0.1) is 0 Å². The van der Waals surface area contributed by atoms with E-state index in [-0.39, 0.29) is 18.0 Å². The molecule has 0 unspecified atom stereocenters. The van der Waals surface area contributed by atoms with Crippen molar-refractivity contribution in [2.45, 2.75) is 18.9 Å². The van der Waals surface area contributed by atoms with Crippen LogP contribution in [0.2, 0.25) is 0 Å². The molecule has 0 bridgehead atoms. The number of pyridine rings is 1. The first kappa shape index (κ1) is 18.5. The number of carbonyl (C=O) groups excluding carboxylic acids is 2. The topological polar surface area (TPSA) is 100 Å². The van der Waals surface area contributed by atoms with E-state index in [1.807, 2.05) is 35.0 Å². The zero-order valence-corrected chi connectivity index (χ0v) is 16.5. The maximum absolute atomic E-state index is 12.5. The fourth-order valence-corrected chi connectivity index (χ4v) is 4.27. The molecule has 144 valence electrons. The lowest BCUT2D eigenvalue weighted by Gasteiger charge is -2.32. The Balaban J connectivity index is 1.27. The lowest BCUT2D eigenvalue weighted by Crippen LogP contribution is -2.47. The van der Waals surface area contributed by atoms with Gasteiger partial charge in [-0.15, -0.1) is 10.2 Å². The highest BCUT2D eigenvalue weighted by Crippen LogP contribution is 2.24. The van der Waals surface area contributed by atoms with Gasteiger partial charge in [-0.1, -0.05) is 17.4 Å². The van der Waals surface area contributed by atoms with Crippen molar-refractivity contribution in [2.24, 2.45) is 0 Å². The number of hydrogen-bond donors (Lipinski definition) is 2. The van der Waals surface area contributed by atoms with Crippen molar-refractivity contribution >= 4 is 39.7 Å². The highest BCUT2D eigenvalue weighted by Gasteiger charge is 2.25. The lowest BCUT2D eigenvalue weighted by molar-refractivity contribution is 0.0919. The van der Waals surface area contributed by atoms with Crippen LogP contribution in [-0.4, -0.2) is 51.2 Å². The second kappa shape index (κ2) is 8.44. The molecule has 1 aliphatic heterocycles. The first-order chi connectivity index (χ1) is 13.7. The average molecular weight is 415 g/mol. The summed E-state index contributed by atoms with van der Waals surface area (Å²) in [6.07, 6.45) is 3.13. The van der Waals surface area contributed by atoms with E-state index in [2.05, 4.69) is 25.8 Å². The number of likely N-dealkylation sites (tertiary alicyclic amines) is 1. The number of thiophene rings is 1. The van der Waals surface area contributed by atoms with Gasteiger partial charge in [0.15, 0.2) is 5.01 Å². The normalized spacial score (nSPS) is 14.6. The maximum atomic E-state index is 12.5. The molecule has 4 heterocycles. The molecule has 3 amide bonds. The summed E-state index contributed by atoms with van der Waals surface area (Å²) in [6.45, 7) is 1.15. The van der Waals surface area contributed by atoms with Crippen LogP contribution in [0.3, 0.4) is 0 Å². The van der Waals surface area contributed by atoms with Gasteiger partial charge in [-0.3, -0.25) is 15.1 Å². The number of carbonyl (C=O) groups is 2. The van der Waals surface area contributed by atoms with Crippen molar-refractivity contribution < 1.29 is 9.59 Å². The Morgan fingerprint density at radius 3 is 2.71 bits per heavy atom. The molecule has 2 N–H and O–H groups in total.